The Labute approximate surface area is 184 Å². The van der Waals surface area contributed by atoms with Crippen LogP contribution in [-0.2, 0) is 6.42 Å². The van der Waals surface area contributed by atoms with E-state index in [2.05, 4.69) is 32.6 Å². The van der Waals surface area contributed by atoms with Crippen LogP contribution in [0.2, 0.25) is 0 Å². The number of amides is 1. The van der Waals surface area contributed by atoms with E-state index in [1.807, 2.05) is 31.2 Å². The highest BCUT2D eigenvalue weighted by atomic mass is 32.1. The number of aromatic nitrogens is 4. The van der Waals surface area contributed by atoms with E-state index in [9.17, 15) is 4.79 Å². The molecule has 2 heterocycles. The summed E-state index contributed by atoms with van der Waals surface area (Å²) in [7, 11) is 0. The fraction of sp³-hybridized carbons (Fsp3) is 0.261. The molecule has 4 rings (SSSR count). The second-order valence-electron chi connectivity index (χ2n) is 7.27. The van der Waals surface area contributed by atoms with Crippen LogP contribution in [0.15, 0.2) is 52.9 Å². The lowest BCUT2D eigenvalue weighted by atomic mass is 10.1. The lowest BCUT2D eigenvalue weighted by Gasteiger charge is -2.02. The molecule has 4 aromatic rings. The Bertz CT molecular complexity index is 1170. The Morgan fingerprint density at radius 1 is 0.968 bits per heavy atom. The number of aryl methyl sites for hydroxylation is 2. The van der Waals surface area contributed by atoms with Crippen molar-refractivity contribution in [3.05, 3.63) is 64.7 Å². The molecule has 0 radical (unpaired) electrons. The number of benzene rings is 2. The van der Waals surface area contributed by atoms with E-state index in [-0.39, 0.29) is 5.91 Å². The van der Waals surface area contributed by atoms with Crippen LogP contribution in [0, 0.1) is 6.92 Å². The smallest absolute Gasteiger partial charge is 0.257 e. The summed E-state index contributed by atoms with van der Waals surface area (Å²) in [6.45, 7) is 4.18. The SMILES string of the molecule is CCCCCc1nnc(NC(=O)c2ccc(-c3nnc(-c4cccc(C)c4)o3)cc2)s1. The van der Waals surface area contributed by atoms with Crippen LogP contribution in [0.5, 0.6) is 0 Å². The van der Waals surface area contributed by atoms with Gasteiger partial charge in [0.05, 0.1) is 0 Å². The minimum absolute atomic E-state index is 0.228. The summed E-state index contributed by atoms with van der Waals surface area (Å²) in [6, 6.07) is 14.9. The number of anilines is 1. The van der Waals surface area contributed by atoms with Gasteiger partial charge in [0.1, 0.15) is 5.01 Å². The van der Waals surface area contributed by atoms with Gasteiger partial charge in [0.2, 0.25) is 16.9 Å². The number of nitrogens with zero attached hydrogens (tertiary/aromatic N) is 4. The van der Waals surface area contributed by atoms with Gasteiger partial charge in [-0.25, -0.2) is 0 Å². The average Bonchev–Trinajstić information content (AvgIpc) is 3.44. The Morgan fingerprint density at radius 3 is 2.48 bits per heavy atom. The number of carbonyl (C=O) groups is 1. The standard InChI is InChI=1S/C23H23N5O2S/c1-3-4-5-9-19-25-28-23(31-19)24-20(29)16-10-12-17(13-11-16)21-26-27-22(30-21)18-8-6-7-15(2)14-18/h6-8,10-14H,3-5,9H2,1-2H3,(H,24,28,29). The van der Waals surface area contributed by atoms with E-state index in [1.54, 1.807) is 24.3 Å². The lowest BCUT2D eigenvalue weighted by molar-refractivity contribution is 0.102. The zero-order valence-electron chi connectivity index (χ0n) is 17.5. The van der Waals surface area contributed by atoms with Crippen LogP contribution in [0.3, 0.4) is 0 Å². The molecule has 0 fully saturated rings. The topological polar surface area (TPSA) is 93.8 Å². The van der Waals surface area contributed by atoms with Crippen molar-refractivity contribution in [3.63, 3.8) is 0 Å². The molecular formula is C23H23N5O2S. The number of nitrogens with one attached hydrogen (secondary N) is 1. The molecule has 0 bridgehead atoms. The molecule has 2 aromatic carbocycles. The molecule has 1 N–H and O–H groups in total. The van der Waals surface area contributed by atoms with Crippen LogP contribution in [0.25, 0.3) is 22.9 Å². The van der Waals surface area contributed by atoms with E-state index in [0.29, 0.717) is 22.5 Å². The highest BCUT2D eigenvalue weighted by molar-refractivity contribution is 7.15. The Balaban J connectivity index is 1.41. The van der Waals surface area contributed by atoms with Crippen LogP contribution < -0.4 is 5.32 Å². The normalized spacial score (nSPS) is 10.9. The van der Waals surface area contributed by atoms with Gasteiger partial charge in [0, 0.05) is 23.1 Å². The van der Waals surface area contributed by atoms with Gasteiger partial charge in [-0.15, -0.1) is 20.4 Å². The largest absolute Gasteiger partial charge is 0.416 e. The van der Waals surface area contributed by atoms with Crippen molar-refractivity contribution in [2.45, 2.75) is 39.5 Å². The Hall–Kier alpha value is -3.39. The average molecular weight is 434 g/mol. The third-order valence-electron chi connectivity index (χ3n) is 4.77. The Morgan fingerprint density at radius 2 is 1.74 bits per heavy atom. The minimum atomic E-state index is -0.228. The van der Waals surface area contributed by atoms with Gasteiger partial charge in [-0.2, -0.15) is 0 Å². The maximum atomic E-state index is 12.5. The fourth-order valence-electron chi connectivity index (χ4n) is 3.10. The van der Waals surface area contributed by atoms with Crippen molar-refractivity contribution >= 4 is 22.4 Å². The molecule has 0 saturated carbocycles. The first kappa shape index (κ1) is 20.9. The molecule has 158 valence electrons. The molecule has 31 heavy (non-hydrogen) atoms. The van der Waals surface area contributed by atoms with Crippen LogP contribution in [0.4, 0.5) is 5.13 Å². The number of hydrogen-bond acceptors (Lipinski definition) is 7. The Kier molecular flexibility index (Phi) is 6.47. The highest BCUT2D eigenvalue weighted by Crippen LogP contribution is 2.25. The number of hydrogen-bond donors (Lipinski definition) is 1. The van der Waals surface area contributed by atoms with E-state index >= 15 is 0 Å². The van der Waals surface area contributed by atoms with Crippen molar-refractivity contribution in [2.75, 3.05) is 5.32 Å². The molecule has 8 heteroatoms. The van der Waals surface area contributed by atoms with Crippen molar-refractivity contribution in [1.82, 2.24) is 20.4 Å². The summed E-state index contributed by atoms with van der Waals surface area (Å²) in [5.74, 6) is 0.643. The summed E-state index contributed by atoms with van der Waals surface area (Å²) in [4.78, 5) is 12.5. The summed E-state index contributed by atoms with van der Waals surface area (Å²) in [5.41, 5.74) is 3.26. The van der Waals surface area contributed by atoms with Gasteiger partial charge in [0.15, 0.2) is 0 Å². The first-order valence-electron chi connectivity index (χ1n) is 10.3. The molecule has 7 nitrogen and oxygen atoms in total. The zero-order chi connectivity index (χ0) is 21.6. The lowest BCUT2D eigenvalue weighted by Crippen LogP contribution is -2.11. The predicted molar refractivity (Wildman–Crippen MR) is 121 cm³/mol. The molecule has 0 unspecified atom stereocenters. The molecule has 1 amide bonds. The minimum Gasteiger partial charge on any atom is -0.416 e. The summed E-state index contributed by atoms with van der Waals surface area (Å²) in [6.07, 6.45) is 4.31. The molecule has 0 aliphatic carbocycles. The zero-order valence-corrected chi connectivity index (χ0v) is 18.3. The van der Waals surface area contributed by atoms with Crippen molar-refractivity contribution < 1.29 is 9.21 Å². The van der Waals surface area contributed by atoms with Gasteiger partial charge in [-0.1, -0.05) is 48.8 Å². The summed E-state index contributed by atoms with van der Waals surface area (Å²) < 4.78 is 5.81. The van der Waals surface area contributed by atoms with Gasteiger partial charge in [-0.05, 0) is 49.7 Å². The monoisotopic (exact) mass is 433 g/mol. The third-order valence-corrected chi connectivity index (χ3v) is 5.66. The van der Waals surface area contributed by atoms with E-state index < -0.39 is 0 Å². The molecule has 0 atom stereocenters. The predicted octanol–water partition coefficient (Wildman–Crippen LogP) is 5.55. The molecule has 2 aromatic heterocycles. The van der Waals surface area contributed by atoms with E-state index in [1.165, 1.54) is 17.8 Å². The number of rotatable bonds is 8. The van der Waals surface area contributed by atoms with E-state index in [4.69, 9.17) is 4.42 Å². The first-order valence-corrected chi connectivity index (χ1v) is 11.1. The first-order chi connectivity index (χ1) is 15.1. The van der Waals surface area contributed by atoms with Crippen LogP contribution in [-0.4, -0.2) is 26.3 Å². The van der Waals surface area contributed by atoms with Crippen LogP contribution >= 0.6 is 11.3 Å². The number of carbonyl (C=O) groups excluding carboxylic acids is 1. The molecule has 0 spiro atoms. The second-order valence-corrected chi connectivity index (χ2v) is 8.33. The van der Waals surface area contributed by atoms with Gasteiger partial charge in [-0.3, -0.25) is 10.1 Å². The molecule has 0 aliphatic rings. The quantitative estimate of drug-likeness (QED) is 0.366. The molecular weight excluding hydrogens is 410 g/mol. The van der Waals surface area contributed by atoms with Crippen molar-refractivity contribution in [2.24, 2.45) is 0 Å². The van der Waals surface area contributed by atoms with Gasteiger partial charge >= 0.3 is 0 Å². The number of unbranched alkanes of at least 4 members (excludes halogenated alkanes) is 2. The molecule has 0 aliphatic heterocycles. The van der Waals surface area contributed by atoms with Crippen molar-refractivity contribution in [3.8, 4) is 22.9 Å². The second kappa shape index (κ2) is 9.61. The van der Waals surface area contributed by atoms with Crippen LogP contribution in [0.1, 0.15) is 47.1 Å². The summed E-state index contributed by atoms with van der Waals surface area (Å²) >= 11 is 1.42. The summed E-state index contributed by atoms with van der Waals surface area (Å²) in [5, 5.41) is 20.8. The van der Waals surface area contributed by atoms with Gasteiger partial charge in [0.25, 0.3) is 5.91 Å². The maximum absolute atomic E-state index is 12.5. The maximum Gasteiger partial charge on any atom is 0.257 e. The highest BCUT2D eigenvalue weighted by Gasteiger charge is 2.13. The molecule has 0 saturated heterocycles. The van der Waals surface area contributed by atoms with Gasteiger partial charge < -0.3 is 4.42 Å². The van der Waals surface area contributed by atoms with Crippen molar-refractivity contribution in [1.29, 1.82) is 0 Å². The third kappa shape index (κ3) is 5.21. The fourth-order valence-corrected chi connectivity index (χ4v) is 3.88. The van der Waals surface area contributed by atoms with E-state index in [0.717, 1.165) is 41.0 Å².